The molecule has 8 heteroatoms. The SMILES string of the molecule is CC(=O)C1=C(O)C(C(C)C)[C@@]2(C)C[C@@]3(C)Cc4c(CCC5CCCCC5)cc(CCC(=O)c5ccccc5)c(O)c4C(=O)C3=C(O)[C@@]2(O)C1=O. The number of benzene rings is 2. The largest absolute Gasteiger partial charge is 0.511 e. The number of phenols is 1. The molecular weight excluding hydrogens is 632 g/mol. The molecule has 4 N–H and O–H groups in total. The Bertz CT molecular complexity index is 1830. The minimum Gasteiger partial charge on any atom is -0.511 e. The van der Waals surface area contributed by atoms with Gasteiger partial charge in [-0.1, -0.05) is 96.2 Å². The topological polar surface area (TPSA) is 149 Å². The van der Waals surface area contributed by atoms with E-state index in [9.17, 15) is 39.6 Å². The molecule has 2 aromatic carbocycles. The molecule has 0 spiro atoms. The van der Waals surface area contributed by atoms with Gasteiger partial charge in [0.05, 0.1) is 5.56 Å². The minimum atomic E-state index is -2.66. The highest BCUT2D eigenvalue weighted by atomic mass is 16.3. The maximum Gasteiger partial charge on any atom is 0.209 e. The van der Waals surface area contributed by atoms with Crippen LogP contribution < -0.4 is 0 Å². The maximum absolute atomic E-state index is 14.8. The van der Waals surface area contributed by atoms with Gasteiger partial charge < -0.3 is 20.4 Å². The molecule has 266 valence electrons. The number of carbonyl (C=O) groups excluding carboxylic acids is 4. The van der Waals surface area contributed by atoms with Crippen molar-refractivity contribution in [2.24, 2.45) is 28.6 Å². The number of phenolic OH excluding ortho intramolecular Hbond substituents is 1. The first-order valence-electron chi connectivity index (χ1n) is 18.2. The number of rotatable bonds is 9. The Morgan fingerprint density at radius 3 is 2.22 bits per heavy atom. The van der Waals surface area contributed by atoms with Crippen molar-refractivity contribution >= 4 is 23.1 Å². The van der Waals surface area contributed by atoms with E-state index in [1.165, 1.54) is 19.3 Å². The number of aliphatic hydroxyl groups is 3. The molecule has 1 unspecified atom stereocenters. The zero-order valence-electron chi connectivity index (χ0n) is 29.9. The lowest BCUT2D eigenvalue weighted by molar-refractivity contribution is -0.171. The lowest BCUT2D eigenvalue weighted by atomic mass is 9.44. The summed E-state index contributed by atoms with van der Waals surface area (Å²) in [5, 5.41) is 47.7. The Balaban J connectivity index is 1.49. The lowest BCUT2D eigenvalue weighted by Gasteiger charge is -2.59. The van der Waals surface area contributed by atoms with Gasteiger partial charge in [-0.15, -0.1) is 0 Å². The van der Waals surface area contributed by atoms with Crippen molar-refractivity contribution in [3.8, 4) is 5.75 Å². The van der Waals surface area contributed by atoms with E-state index < -0.39 is 56.8 Å². The molecular formula is C42H50O8. The van der Waals surface area contributed by atoms with E-state index in [1.54, 1.807) is 31.2 Å². The standard InChI is InChI=1S/C42H50O8/c1-23(2)33-36(46)31(24(3)43)38(48)42(50)39(49)34-37(47)32-29(21-40(34,4)22-41(33,42)5)27(17-16-25-12-8-6-9-13-25)20-28(35(32)45)18-19-30(44)26-14-10-7-11-15-26/h7,10-11,14-15,20,23,25,33,45-46,49-50H,6,8-9,12-13,16-19,21-22H2,1-5H3/t33?,40-,41-,42+/m1/s1. The van der Waals surface area contributed by atoms with Crippen LogP contribution >= 0.6 is 0 Å². The molecule has 50 heavy (non-hydrogen) atoms. The first-order chi connectivity index (χ1) is 23.6. The molecule has 8 nitrogen and oxygen atoms in total. The van der Waals surface area contributed by atoms with Crippen LogP contribution in [0.2, 0.25) is 0 Å². The molecule has 0 radical (unpaired) electrons. The first-order valence-corrected chi connectivity index (χ1v) is 18.2. The zero-order chi connectivity index (χ0) is 36.3. The van der Waals surface area contributed by atoms with E-state index in [1.807, 2.05) is 32.9 Å². The third kappa shape index (κ3) is 5.45. The Hall–Kier alpha value is -4.04. The number of aliphatic hydroxyl groups excluding tert-OH is 2. The van der Waals surface area contributed by atoms with Gasteiger partial charge in [0.1, 0.15) is 22.8 Å². The van der Waals surface area contributed by atoms with Crippen LogP contribution in [0.25, 0.3) is 0 Å². The van der Waals surface area contributed by atoms with E-state index >= 15 is 0 Å². The summed E-state index contributed by atoms with van der Waals surface area (Å²) in [4.78, 5) is 54.6. The molecule has 4 aliphatic carbocycles. The van der Waals surface area contributed by atoms with E-state index in [4.69, 9.17) is 0 Å². The van der Waals surface area contributed by atoms with Gasteiger partial charge in [-0.25, -0.2) is 0 Å². The molecule has 2 aromatic rings. The average Bonchev–Trinajstić information content (AvgIpc) is 3.06. The van der Waals surface area contributed by atoms with Crippen molar-refractivity contribution in [2.75, 3.05) is 0 Å². The second kappa shape index (κ2) is 12.9. The lowest BCUT2D eigenvalue weighted by Crippen LogP contribution is -2.67. The number of fused-ring (bicyclic) bond motifs is 3. The molecule has 6 rings (SSSR count). The number of carbonyl (C=O) groups is 4. The van der Waals surface area contributed by atoms with E-state index in [0.29, 0.717) is 29.0 Å². The van der Waals surface area contributed by atoms with Gasteiger partial charge in [0, 0.05) is 34.3 Å². The average molecular weight is 683 g/mol. The molecule has 0 saturated heterocycles. The highest BCUT2D eigenvalue weighted by Gasteiger charge is 2.71. The van der Waals surface area contributed by atoms with E-state index in [-0.39, 0.29) is 54.3 Å². The number of hydrogen-bond donors (Lipinski definition) is 4. The molecule has 1 saturated carbocycles. The summed E-state index contributed by atoms with van der Waals surface area (Å²) in [6, 6.07) is 10.9. The number of aryl methyl sites for hydroxylation is 2. The van der Waals surface area contributed by atoms with Crippen molar-refractivity contribution in [1.29, 1.82) is 0 Å². The van der Waals surface area contributed by atoms with Crippen molar-refractivity contribution in [3.05, 3.63) is 86.9 Å². The summed E-state index contributed by atoms with van der Waals surface area (Å²) in [5.74, 6) is -4.76. The monoisotopic (exact) mass is 682 g/mol. The second-order valence-electron chi connectivity index (χ2n) is 16.2. The van der Waals surface area contributed by atoms with Gasteiger partial charge in [-0.2, -0.15) is 0 Å². The first kappa shape index (κ1) is 35.8. The van der Waals surface area contributed by atoms with Gasteiger partial charge in [0.2, 0.25) is 5.78 Å². The zero-order valence-corrected chi connectivity index (χ0v) is 29.9. The van der Waals surface area contributed by atoms with E-state index in [2.05, 4.69) is 0 Å². The van der Waals surface area contributed by atoms with Crippen LogP contribution in [0.1, 0.15) is 123 Å². The maximum atomic E-state index is 14.8. The number of aromatic hydroxyl groups is 1. The Kier molecular flexibility index (Phi) is 9.25. The smallest absolute Gasteiger partial charge is 0.209 e. The predicted octanol–water partition coefficient (Wildman–Crippen LogP) is 7.67. The Morgan fingerprint density at radius 2 is 1.60 bits per heavy atom. The van der Waals surface area contributed by atoms with Crippen molar-refractivity contribution in [3.63, 3.8) is 0 Å². The van der Waals surface area contributed by atoms with Gasteiger partial charge in [0.15, 0.2) is 23.0 Å². The van der Waals surface area contributed by atoms with Gasteiger partial charge in [-0.05, 0) is 67.6 Å². The summed E-state index contributed by atoms with van der Waals surface area (Å²) in [6.45, 7) is 8.26. The molecule has 1 fully saturated rings. The van der Waals surface area contributed by atoms with Gasteiger partial charge in [0.25, 0.3) is 0 Å². The van der Waals surface area contributed by atoms with Crippen molar-refractivity contribution < 1.29 is 39.6 Å². The number of ketones is 4. The normalized spacial score (nSPS) is 28.4. The van der Waals surface area contributed by atoms with Crippen LogP contribution in [0, 0.1) is 28.6 Å². The fourth-order valence-corrected chi connectivity index (χ4v) is 10.2. The Morgan fingerprint density at radius 1 is 0.940 bits per heavy atom. The summed E-state index contributed by atoms with van der Waals surface area (Å²) in [5.41, 5.74) is -3.26. The molecule has 0 amide bonds. The Labute approximate surface area is 294 Å². The number of allylic oxidation sites excluding steroid dienone is 2. The number of Topliss-reactive ketones (excluding diaryl/α,β-unsaturated/α-hetero) is 4. The summed E-state index contributed by atoms with van der Waals surface area (Å²) in [6.07, 6.45) is 8.14. The molecule has 4 aliphatic rings. The summed E-state index contributed by atoms with van der Waals surface area (Å²) >= 11 is 0. The third-order valence-corrected chi connectivity index (χ3v) is 12.4. The fraction of sp³-hybridized carbons (Fsp3) is 0.524. The molecule has 0 aromatic heterocycles. The second-order valence-corrected chi connectivity index (χ2v) is 16.2. The van der Waals surface area contributed by atoms with Crippen molar-refractivity contribution in [2.45, 2.75) is 111 Å². The van der Waals surface area contributed by atoms with Crippen molar-refractivity contribution in [1.82, 2.24) is 0 Å². The highest BCUT2D eigenvalue weighted by Crippen LogP contribution is 2.65. The van der Waals surface area contributed by atoms with Gasteiger partial charge in [-0.3, -0.25) is 19.2 Å². The van der Waals surface area contributed by atoms with Crippen LogP contribution in [0.15, 0.2) is 59.1 Å². The van der Waals surface area contributed by atoms with Crippen LogP contribution in [0.4, 0.5) is 0 Å². The van der Waals surface area contributed by atoms with Gasteiger partial charge >= 0.3 is 0 Å². The molecule has 0 heterocycles. The number of hydrogen-bond acceptors (Lipinski definition) is 8. The predicted molar refractivity (Wildman–Crippen MR) is 189 cm³/mol. The van der Waals surface area contributed by atoms with Crippen LogP contribution in [0.5, 0.6) is 5.75 Å². The van der Waals surface area contributed by atoms with E-state index in [0.717, 1.165) is 31.7 Å². The van der Waals surface area contributed by atoms with Crippen LogP contribution in [0.3, 0.4) is 0 Å². The molecule has 0 aliphatic heterocycles. The minimum absolute atomic E-state index is 0.0355. The summed E-state index contributed by atoms with van der Waals surface area (Å²) < 4.78 is 0. The molecule has 0 bridgehead atoms. The van der Waals surface area contributed by atoms with Crippen LogP contribution in [-0.2, 0) is 28.9 Å². The fourth-order valence-electron chi connectivity index (χ4n) is 10.2. The van der Waals surface area contributed by atoms with Crippen LogP contribution in [-0.4, -0.2) is 49.2 Å². The quantitative estimate of drug-likeness (QED) is 0.156. The highest BCUT2D eigenvalue weighted by molar-refractivity contribution is 6.25. The molecule has 4 atom stereocenters. The third-order valence-electron chi connectivity index (χ3n) is 12.4. The summed E-state index contributed by atoms with van der Waals surface area (Å²) in [7, 11) is 0.